The van der Waals surface area contributed by atoms with Crippen LogP contribution in [0.15, 0.2) is 24.3 Å². The van der Waals surface area contributed by atoms with Crippen LogP contribution in [0.1, 0.15) is 64.5 Å². The molecule has 1 aromatic carbocycles. The molecule has 1 unspecified atom stereocenters. The first-order valence-electron chi connectivity index (χ1n) is 8.02. The molecule has 1 saturated carbocycles. The van der Waals surface area contributed by atoms with E-state index >= 15 is 0 Å². The first-order chi connectivity index (χ1) is 9.93. The molecule has 116 valence electrons. The molecule has 0 spiro atoms. The Hall–Kier alpha value is -1.35. The molecule has 1 aromatic rings. The lowest BCUT2D eigenvalue weighted by Gasteiger charge is -2.29. The van der Waals surface area contributed by atoms with Gasteiger partial charge in [-0.25, -0.2) is 0 Å². The zero-order valence-electron chi connectivity index (χ0n) is 13.4. The van der Waals surface area contributed by atoms with E-state index in [1.54, 1.807) is 6.92 Å². The number of carbonyl (C=O) groups is 1. The van der Waals surface area contributed by atoms with Crippen LogP contribution in [0.5, 0.6) is 0 Å². The van der Waals surface area contributed by atoms with Gasteiger partial charge in [0.25, 0.3) is 0 Å². The average Bonchev–Trinajstić information content (AvgIpc) is 2.88. The van der Waals surface area contributed by atoms with Gasteiger partial charge in [-0.3, -0.25) is 4.79 Å². The first-order valence-corrected chi connectivity index (χ1v) is 8.02. The van der Waals surface area contributed by atoms with Crippen LogP contribution in [-0.4, -0.2) is 11.0 Å². The summed E-state index contributed by atoms with van der Waals surface area (Å²) in [6, 6.07) is 7.50. The summed E-state index contributed by atoms with van der Waals surface area (Å²) < 4.78 is 0. The maximum atomic E-state index is 12.8. The van der Waals surface area contributed by atoms with Gasteiger partial charge in [0.05, 0.1) is 6.10 Å². The van der Waals surface area contributed by atoms with Gasteiger partial charge in [-0.2, -0.15) is 0 Å². The van der Waals surface area contributed by atoms with Gasteiger partial charge < -0.3 is 10.4 Å². The Kier molecular flexibility index (Phi) is 5.04. The summed E-state index contributed by atoms with van der Waals surface area (Å²) >= 11 is 0. The molecule has 0 aromatic heterocycles. The fraction of sp³-hybridized carbons (Fsp3) is 0.611. The van der Waals surface area contributed by atoms with Gasteiger partial charge in [0.15, 0.2) is 0 Å². The molecule has 1 amide bonds. The quantitative estimate of drug-likeness (QED) is 0.849. The molecule has 0 saturated heterocycles. The summed E-state index contributed by atoms with van der Waals surface area (Å²) in [7, 11) is 0. The molecule has 0 heterocycles. The van der Waals surface area contributed by atoms with E-state index in [0.29, 0.717) is 5.92 Å². The van der Waals surface area contributed by atoms with Crippen LogP contribution in [0.4, 0.5) is 5.69 Å². The highest BCUT2D eigenvalue weighted by Crippen LogP contribution is 2.44. The average molecular weight is 289 g/mol. The molecule has 21 heavy (non-hydrogen) atoms. The monoisotopic (exact) mass is 289 g/mol. The Bertz CT molecular complexity index is 488. The van der Waals surface area contributed by atoms with Gasteiger partial charge in [-0.15, -0.1) is 0 Å². The van der Waals surface area contributed by atoms with Gasteiger partial charge in [0.1, 0.15) is 0 Å². The van der Waals surface area contributed by atoms with Crippen LogP contribution in [0.2, 0.25) is 0 Å². The van der Waals surface area contributed by atoms with Crippen molar-refractivity contribution in [3.8, 4) is 0 Å². The van der Waals surface area contributed by atoms with E-state index in [0.717, 1.165) is 43.4 Å². The molecule has 1 atom stereocenters. The number of aliphatic hydroxyl groups is 1. The summed E-state index contributed by atoms with van der Waals surface area (Å²) in [6.45, 7) is 6.10. The molecule has 3 nitrogen and oxygen atoms in total. The second-order valence-corrected chi connectivity index (χ2v) is 6.84. The second-order valence-electron chi connectivity index (χ2n) is 6.84. The lowest BCUT2D eigenvalue weighted by Crippen LogP contribution is -2.35. The standard InChI is InChI=1S/C18H27NO2/c1-13(2)12-18(9-4-5-10-18)17(21)19-16-8-6-7-15(11-16)14(3)20/h6-8,11,13-14,20H,4-5,9-10,12H2,1-3H3,(H,19,21). The minimum atomic E-state index is -0.516. The number of nitrogens with one attached hydrogen (secondary N) is 1. The number of hydrogen-bond donors (Lipinski definition) is 2. The largest absolute Gasteiger partial charge is 0.389 e. The molecule has 0 aliphatic heterocycles. The van der Waals surface area contributed by atoms with Crippen molar-refractivity contribution in [2.45, 2.75) is 59.0 Å². The number of carbonyl (C=O) groups excluding carboxylic acids is 1. The van der Waals surface area contributed by atoms with Crippen LogP contribution in [-0.2, 0) is 4.79 Å². The van der Waals surface area contributed by atoms with Crippen molar-refractivity contribution in [1.29, 1.82) is 0 Å². The molecule has 3 heteroatoms. The third-order valence-corrected chi connectivity index (χ3v) is 4.47. The summed E-state index contributed by atoms with van der Waals surface area (Å²) in [5.74, 6) is 0.675. The minimum Gasteiger partial charge on any atom is -0.389 e. The zero-order chi connectivity index (χ0) is 15.5. The topological polar surface area (TPSA) is 49.3 Å². The van der Waals surface area contributed by atoms with Crippen molar-refractivity contribution in [2.75, 3.05) is 5.32 Å². The van der Waals surface area contributed by atoms with E-state index in [1.807, 2.05) is 24.3 Å². The van der Waals surface area contributed by atoms with E-state index < -0.39 is 6.10 Å². The second kappa shape index (κ2) is 6.61. The van der Waals surface area contributed by atoms with Crippen molar-refractivity contribution >= 4 is 11.6 Å². The molecule has 1 fully saturated rings. The summed E-state index contributed by atoms with van der Waals surface area (Å²) in [6.07, 6.45) is 4.72. The summed E-state index contributed by atoms with van der Waals surface area (Å²) in [5, 5.41) is 12.7. The van der Waals surface area contributed by atoms with E-state index in [4.69, 9.17) is 0 Å². The van der Waals surface area contributed by atoms with E-state index in [9.17, 15) is 9.90 Å². The predicted molar refractivity (Wildman–Crippen MR) is 86.1 cm³/mol. The molecule has 1 aliphatic rings. The van der Waals surface area contributed by atoms with Gasteiger partial charge in [0.2, 0.25) is 5.91 Å². The third kappa shape index (κ3) is 3.85. The zero-order valence-corrected chi connectivity index (χ0v) is 13.4. The number of rotatable bonds is 5. The SMILES string of the molecule is CC(C)CC1(C(=O)Nc2cccc(C(C)O)c2)CCCC1. The number of anilines is 1. The first kappa shape index (κ1) is 16.0. The Labute approximate surface area is 127 Å². The summed E-state index contributed by atoms with van der Waals surface area (Å²) in [5.41, 5.74) is 1.42. The van der Waals surface area contributed by atoms with Crippen molar-refractivity contribution in [1.82, 2.24) is 0 Å². The van der Waals surface area contributed by atoms with Crippen LogP contribution in [0, 0.1) is 11.3 Å². The predicted octanol–water partition coefficient (Wildman–Crippen LogP) is 4.28. The smallest absolute Gasteiger partial charge is 0.230 e. The van der Waals surface area contributed by atoms with Crippen LogP contribution >= 0.6 is 0 Å². The molecule has 2 N–H and O–H groups in total. The Morgan fingerprint density at radius 1 is 1.29 bits per heavy atom. The molecular formula is C18H27NO2. The van der Waals surface area contributed by atoms with Crippen molar-refractivity contribution in [3.05, 3.63) is 29.8 Å². The fourth-order valence-corrected chi connectivity index (χ4v) is 3.50. The highest BCUT2D eigenvalue weighted by Gasteiger charge is 2.41. The number of hydrogen-bond acceptors (Lipinski definition) is 2. The third-order valence-electron chi connectivity index (χ3n) is 4.47. The number of amides is 1. The molecular weight excluding hydrogens is 262 g/mol. The van der Waals surface area contributed by atoms with Gasteiger partial charge in [0, 0.05) is 11.1 Å². The van der Waals surface area contributed by atoms with Crippen molar-refractivity contribution < 1.29 is 9.90 Å². The van der Waals surface area contributed by atoms with Crippen LogP contribution in [0.3, 0.4) is 0 Å². The highest BCUT2D eigenvalue weighted by atomic mass is 16.3. The van der Waals surface area contributed by atoms with Crippen LogP contribution < -0.4 is 5.32 Å². The molecule has 1 aliphatic carbocycles. The van der Waals surface area contributed by atoms with Gasteiger partial charge in [-0.05, 0) is 49.8 Å². The normalized spacial score (nSPS) is 18.7. The van der Waals surface area contributed by atoms with E-state index in [-0.39, 0.29) is 11.3 Å². The van der Waals surface area contributed by atoms with Crippen molar-refractivity contribution in [3.63, 3.8) is 0 Å². The molecule has 0 bridgehead atoms. The number of benzene rings is 1. The highest BCUT2D eigenvalue weighted by molar-refractivity contribution is 5.95. The Morgan fingerprint density at radius 3 is 2.52 bits per heavy atom. The maximum absolute atomic E-state index is 12.8. The van der Waals surface area contributed by atoms with Gasteiger partial charge >= 0.3 is 0 Å². The molecule has 2 rings (SSSR count). The van der Waals surface area contributed by atoms with Crippen LogP contribution in [0.25, 0.3) is 0 Å². The fourth-order valence-electron chi connectivity index (χ4n) is 3.50. The van der Waals surface area contributed by atoms with Crippen molar-refractivity contribution in [2.24, 2.45) is 11.3 Å². The van der Waals surface area contributed by atoms with E-state index in [1.165, 1.54) is 0 Å². The Morgan fingerprint density at radius 2 is 1.95 bits per heavy atom. The number of aliphatic hydroxyl groups excluding tert-OH is 1. The maximum Gasteiger partial charge on any atom is 0.230 e. The summed E-state index contributed by atoms with van der Waals surface area (Å²) in [4.78, 5) is 12.8. The minimum absolute atomic E-state index is 0.149. The van der Waals surface area contributed by atoms with E-state index in [2.05, 4.69) is 19.2 Å². The van der Waals surface area contributed by atoms with Gasteiger partial charge in [-0.1, -0.05) is 38.8 Å². The lowest BCUT2D eigenvalue weighted by atomic mass is 9.77. The Balaban J connectivity index is 2.14. The lowest BCUT2D eigenvalue weighted by molar-refractivity contribution is -0.126. The molecule has 0 radical (unpaired) electrons.